The van der Waals surface area contributed by atoms with Crippen molar-refractivity contribution in [3.8, 4) is 0 Å². The number of rotatable bonds is 4. The molecule has 1 rings (SSSR count). The van der Waals surface area contributed by atoms with Gasteiger partial charge in [-0.1, -0.05) is 6.92 Å². The third-order valence-electron chi connectivity index (χ3n) is 3.06. The van der Waals surface area contributed by atoms with E-state index in [4.69, 9.17) is 5.73 Å². The Morgan fingerprint density at radius 2 is 2.11 bits per heavy atom. The van der Waals surface area contributed by atoms with Gasteiger partial charge in [0.05, 0.1) is 17.3 Å². The van der Waals surface area contributed by atoms with E-state index >= 15 is 0 Å². The number of nitrogens with zero attached hydrogens (tertiary/aromatic N) is 3. The van der Waals surface area contributed by atoms with Crippen LogP contribution in [0.3, 0.4) is 0 Å². The molecule has 3 N–H and O–H groups in total. The van der Waals surface area contributed by atoms with Crippen LogP contribution in [0.2, 0.25) is 0 Å². The maximum absolute atomic E-state index is 12.3. The second-order valence-corrected chi connectivity index (χ2v) is 4.67. The lowest BCUT2D eigenvalue weighted by Gasteiger charge is -2.21. The van der Waals surface area contributed by atoms with E-state index in [-0.39, 0.29) is 17.7 Å². The normalized spacial score (nSPS) is 12.1. The van der Waals surface area contributed by atoms with Crippen molar-refractivity contribution in [2.75, 3.05) is 26.4 Å². The predicted octanol–water partition coefficient (Wildman–Crippen LogP) is -0.235. The van der Waals surface area contributed by atoms with Gasteiger partial charge in [0.2, 0.25) is 5.91 Å². The van der Waals surface area contributed by atoms with Gasteiger partial charge in [-0.3, -0.25) is 14.3 Å². The summed E-state index contributed by atoms with van der Waals surface area (Å²) in [6, 6.07) is 0. The minimum Gasteiger partial charge on any atom is -0.395 e. The highest BCUT2D eigenvalue weighted by molar-refractivity contribution is 5.98. The Morgan fingerprint density at radius 1 is 1.53 bits per heavy atom. The number of hydrogen-bond donors (Lipinski definition) is 2. The molecule has 19 heavy (non-hydrogen) atoms. The minimum atomic E-state index is -0.283. The van der Waals surface area contributed by atoms with E-state index in [1.807, 2.05) is 0 Å². The average Bonchev–Trinajstić information content (AvgIpc) is 2.61. The molecule has 0 bridgehead atoms. The molecule has 0 spiro atoms. The number of nitrogens with two attached hydrogens (primary N) is 1. The van der Waals surface area contributed by atoms with Gasteiger partial charge in [0.1, 0.15) is 5.69 Å². The first-order chi connectivity index (χ1) is 8.79. The third kappa shape index (κ3) is 3.04. The molecular formula is C12H21N5O2. The van der Waals surface area contributed by atoms with E-state index in [0.29, 0.717) is 23.6 Å². The van der Waals surface area contributed by atoms with E-state index in [9.17, 15) is 9.59 Å². The summed E-state index contributed by atoms with van der Waals surface area (Å²) in [7, 11) is 4.89. The average molecular weight is 267 g/mol. The Bertz CT molecular complexity index is 495. The molecule has 0 aliphatic rings. The SMILES string of the molecule is CNC(=O)C(C)CN(C)C(=O)c1c(N)c(C)nn1C. The maximum Gasteiger partial charge on any atom is 0.274 e. The van der Waals surface area contributed by atoms with Crippen LogP contribution in [0.1, 0.15) is 23.1 Å². The lowest BCUT2D eigenvalue weighted by Crippen LogP contribution is -2.38. The van der Waals surface area contributed by atoms with Crippen LogP contribution in [0.15, 0.2) is 0 Å². The summed E-state index contributed by atoms with van der Waals surface area (Å²) < 4.78 is 1.47. The van der Waals surface area contributed by atoms with Crippen LogP contribution in [0, 0.1) is 12.8 Å². The van der Waals surface area contributed by atoms with Crippen LogP contribution in [0.5, 0.6) is 0 Å². The third-order valence-corrected chi connectivity index (χ3v) is 3.06. The molecule has 2 amide bonds. The molecule has 0 saturated carbocycles. The number of aromatic nitrogens is 2. The largest absolute Gasteiger partial charge is 0.395 e. The molecular weight excluding hydrogens is 246 g/mol. The van der Waals surface area contributed by atoms with Crippen molar-refractivity contribution in [2.45, 2.75) is 13.8 Å². The highest BCUT2D eigenvalue weighted by Crippen LogP contribution is 2.17. The number of aryl methyl sites for hydroxylation is 2. The fraction of sp³-hybridized carbons (Fsp3) is 0.583. The zero-order chi connectivity index (χ0) is 14.7. The lowest BCUT2D eigenvalue weighted by molar-refractivity contribution is -0.124. The molecule has 0 radical (unpaired) electrons. The summed E-state index contributed by atoms with van der Waals surface area (Å²) in [5.74, 6) is -0.625. The zero-order valence-electron chi connectivity index (χ0n) is 12.0. The molecule has 1 aromatic rings. The van der Waals surface area contributed by atoms with Crippen molar-refractivity contribution in [1.29, 1.82) is 0 Å². The van der Waals surface area contributed by atoms with Crippen molar-refractivity contribution in [2.24, 2.45) is 13.0 Å². The van der Waals surface area contributed by atoms with E-state index in [0.717, 1.165) is 0 Å². The first-order valence-corrected chi connectivity index (χ1v) is 6.05. The number of anilines is 1. The molecule has 0 fully saturated rings. The van der Waals surface area contributed by atoms with Crippen LogP contribution >= 0.6 is 0 Å². The van der Waals surface area contributed by atoms with E-state index < -0.39 is 0 Å². The Morgan fingerprint density at radius 3 is 2.53 bits per heavy atom. The fourth-order valence-corrected chi connectivity index (χ4v) is 1.93. The first kappa shape index (κ1) is 15.0. The van der Waals surface area contributed by atoms with Gasteiger partial charge in [0.15, 0.2) is 0 Å². The molecule has 7 heteroatoms. The Hall–Kier alpha value is -2.05. The first-order valence-electron chi connectivity index (χ1n) is 6.05. The number of carbonyl (C=O) groups is 2. The summed E-state index contributed by atoms with van der Waals surface area (Å²) in [6.07, 6.45) is 0. The highest BCUT2D eigenvalue weighted by Gasteiger charge is 2.23. The van der Waals surface area contributed by atoms with Gasteiger partial charge in [0, 0.05) is 27.7 Å². The van der Waals surface area contributed by atoms with Gasteiger partial charge >= 0.3 is 0 Å². The van der Waals surface area contributed by atoms with E-state index in [1.165, 1.54) is 9.58 Å². The van der Waals surface area contributed by atoms with Gasteiger partial charge in [-0.05, 0) is 6.92 Å². The number of hydrogen-bond acceptors (Lipinski definition) is 4. The van der Waals surface area contributed by atoms with Crippen LogP contribution in [0.4, 0.5) is 5.69 Å². The second-order valence-electron chi connectivity index (χ2n) is 4.67. The van der Waals surface area contributed by atoms with Crippen molar-refractivity contribution < 1.29 is 9.59 Å². The molecule has 1 aromatic heterocycles. The maximum atomic E-state index is 12.3. The van der Waals surface area contributed by atoms with Crippen LogP contribution < -0.4 is 11.1 Å². The van der Waals surface area contributed by atoms with Crippen molar-refractivity contribution in [3.05, 3.63) is 11.4 Å². The molecule has 1 heterocycles. The topological polar surface area (TPSA) is 93.2 Å². The summed E-state index contributed by atoms with van der Waals surface area (Å²) in [6.45, 7) is 3.84. The van der Waals surface area contributed by atoms with Crippen molar-refractivity contribution in [1.82, 2.24) is 20.0 Å². The molecule has 0 aliphatic carbocycles. The number of nitrogen functional groups attached to an aromatic ring is 1. The van der Waals surface area contributed by atoms with Crippen LogP contribution in [0.25, 0.3) is 0 Å². The van der Waals surface area contributed by atoms with Crippen molar-refractivity contribution >= 4 is 17.5 Å². The van der Waals surface area contributed by atoms with Gasteiger partial charge in [0.25, 0.3) is 5.91 Å². The fourth-order valence-electron chi connectivity index (χ4n) is 1.93. The van der Waals surface area contributed by atoms with Crippen LogP contribution in [-0.2, 0) is 11.8 Å². The number of amides is 2. The highest BCUT2D eigenvalue weighted by atomic mass is 16.2. The predicted molar refractivity (Wildman–Crippen MR) is 72.5 cm³/mol. The lowest BCUT2D eigenvalue weighted by atomic mass is 10.1. The standard InChI is InChI=1S/C12H21N5O2/c1-7(11(18)14-3)6-16(4)12(19)10-9(13)8(2)15-17(10)5/h7H,6,13H2,1-5H3,(H,14,18). The minimum absolute atomic E-state index is 0.103. The number of nitrogens with one attached hydrogen (secondary N) is 1. The Labute approximate surface area is 112 Å². The molecule has 7 nitrogen and oxygen atoms in total. The summed E-state index contributed by atoms with van der Waals surface area (Å²) in [4.78, 5) is 25.2. The molecule has 1 unspecified atom stereocenters. The smallest absolute Gasteiger partial charge is 0.274 e. The van der Waals surface area contributed by atoms with Gasteiger partial charge < -0.3 is 16.0 Å². The number of carbonyl (C=O) groups excluding carboxylic acids is 2. The molecule has 1 atom stereocenters. The molecule has 106 valence electrons. The van der Waals surface area contributed by atoms with Crippen molar-refractivity contribution in [3.63, 3.8) is 0 Å². The van der Waals surface area contributed by atoms with Gasteiger partial charge in [-0.15, -0.1) is 0 Å². The molecule has 0 aromatic carbocycles. The Kier molecular flexibility index (Phi) is 4.52. The summed E-state index contributed by atoms with van der Waals surface area (Å²) in [5, 5.41) is 6.67. The second kappa shape index (κ2) is 5.73. The van der Waals surface area contributed by atoms with E-state index in [1.54, 1.807) is 35.0 Å². The quantitative estimate of drug-likeness (QED) is 0.787. The summed E-state index contributed by atoms with van der Waals surface area (Å²) >= 11 is 0. The van der Waals surface area contributed by atoms with E-state index in [2.05, 4.69) is 10.4 Å². The van der Waals surface area contributed by atoms with Crippen LogP contribution in [-0.4, -0.2) is 47.1 Å². The zero-order valence-corrected chi connectivity index (χ0v) is 12.0. The monoisotopic (exact) mass is 267 g/mol. The molecule has 0 saturated heterocycles. The Balaban J connectivity index is 2.86. The summed E-state index contributed by atoms with van der Waals surface area (Å²) in [5.41, 5.74) is 7.20. The van der Waals surface area contributed by atoms with Gasteiger partial charge in [-0.25, -0.2) is 0 Å². The van der Waals surface area contributed by atoms with Gasteiger partial charge in [-0.2, -0.15) is 5.10 Å². The molecule has 0 aliphatic heterocycles.